The summed E-state index contributed by atoms with van der Waals surface area (Å²) in [7, 11) is 1.57. The fourth-order valence-corrected chi connectivity index (χ4v) is 4.54. The highest BCUT2D eigenvalue weighted by atomic mass is 16.6. The third kappa shape index (κ3) is 4.00. The fraction of sp³-hybridized carbons (Fsp3) is 0.280. The molecule has 0 saturated carbocycles. The lowest BCUT2D eigenvalue weighted by atomic mass is 9.75. The first kappa shape index (κ1) is 23.0. The Labute approximate surface area is 196 Å². The van der Waals surface area contributed by atoms with Gasteiger partial charge in [0.2, 0.25) is 0 Å². The molecule has 1 aliphatic carbocycles. The van der Waals surface area contributed by atoms with Gasteiger partial charge in [-0.25, -0.2) is 4.79 Å². The average molecular weight is 463 g/mol. The van der Waals surface area contributed by atoms with Crippen LogP contribution in [0.5, 0.6) is 5.75 Å². The molecular formula is C25H25N3O6. The van der Waals surface area contributed by atoms with Gasteiger partial charge in [-0.3, -0.25) is 19.8 Å². The Kier molecular flexibility index (Phi) is 6.36. The standard InChI is InChI=1S/C25H25N3O6/c1-3-34-25(30)23-21(15-7-9-17(10-8-15)28(31)32)22-19(5-4-6-20(22)29)27(24(23)26)16-11-13-18(33-2)14-12-16/h7-14,21H,3-6,26H2,1-2H3/t21-/m1/s1. The van der Waals surface area contributed by atoms with Gasteiger partial charge >= 0.3 is 5.97 Å². The van der Waals surface area contributed by atoms with Gasteiger partial charge < -0.3 is 15.2 Å². The van der Waals surface area contributed by atoms with Crippen molar-refractivity contribution in [1.29, 1.82) is 0 Å². The Bertz CT molecular complexity index is 1200. The van der Waals surface area contributed by atoms with Crippen LogP contribution in [0.2, 0.25) is 0 Å². The van der Waals surface area contributed by atoms with Gasteiger partial charge in [-0.2, -0.15) is 0 Å². The second-order valence-electron chi connectivity index (χ2n) is 7.97. The van der Waals surface area contributed by atoms with E-state index >= 15 is 0 Å². The lowest BCUT2D eigenvalue weighted by Crippen LogP contribution is -2.41. The van der Waals surface area contributed by atoms with E-state index in [0.717, 1.165) is 5.70 Å². The molecule has 2 aliphatic rings. The summed E-state index contributed by atoms with van der Waals surface area (Å²) < 4.78 is 10.6. The monoisotopic (exact) mass is 463 g/mol. The first-order valence-corrected chi connectivity index (χ1v) is 11.0. The van der Waals surface area contributed by atoms with Crippen LogP contribution in [0.4, 0.5) is 11.4 Å². The third-order valence-corrected chi connectivity index (χ3v) is 6.06. The molecule has 0 bridgehead atoms. The van der Waals surface area contributed by atoms with Gasteiger partial charge in [-0.05, 0) is 49.6 Å². The van der Waals surface area contributed by atoms with E-state index in [9.17, 15) is 19.7 Å². The number of nitrogens with zero attached hydrogens (tertiary/aromatic N) is 2. The Hall–Kier alpha value is -4.14. The second kappa shape index (κ2) is 9.38. The van der Waals surface area contributed by atoms with Crippen LogP contribution in [0.3, 0.4) is 0 Å². The molecule has 0 amide bonds. The number of ketones is 1. The molecule has 0 fully saturated rings. The lowest BCUT2D eigenvalue weighted by molar-refractivity contribution is -0.384. The molecule has 2 aromatic rings. The molecule has 0 spiro atoms. The van der Waals surface area contributed by atoms with Gasteiger partial charge in [0, 0.05) is 35.5 Å². The summed E-state index contributed by atoms with van der Waals surface area (Å²) in [5, 5.41) is 11.1. The number of hydrogen-bond donors (Lipinski definition) is 1. The molecule has 176 valence electrons. The summed E-state index contributed by atoms with van der Waals surface area (Å²) in [6.07, 6.45) is 1.58. The van der Waals surface area contributed by atoms with Crippen molar-refractivity contribution in [2.75, 3.05) is 18.6 Å². The topological polar surface area (TPSA) is 125 Å². The van der Waals surface area contributed by atoms with Crippen LogP contribution >= 0.6 is 0 Å². The number of anilines is 1. The average Bonchev–Trinajstić information content (AvgIpc) is 2.84. The largest absolute Gasteiger partial charge is 0.497 e. The van der Waals surface area contributed by atoms with Crippen molar-refractivity contribution in [3.05, 3.63) is 86.9 Å². The minimum Gasteiger partial charge on any atom is -0.497 e. The van der Waals surface area contributed by atoms with Crippen LogP contribution in [0.15, 0.2) is 71.2 Å². The molecule has 1 aliphatic heterocycles. The van der Waals surface area contributed by atoms with Crippen LogP contribution in [0.1, 0.15) is 37.7 Å². The number of allylic oxidation sites excluding steroid dienone is 2. The zero-order chi connectivity index (χ0) is 24.4. The molecule has 34 heavy (non-hydrogen) atoms. The number of non-ortho nitro benzene ring substituents is 1. The summed E-state index contributed by atoms with van der Waals surface area (Å²) in [4.78, 5) is 38.8. The number of nitrogens with two attached hydrogens (primary N) is 1. The smallest absolute Gasteiger partial charge is 0.338 e. The maximum Gasteiger partial charge on any atom is 0.338 e. The van der Waals surface area contributed by atoms with Crippen molar-refractivity contribution in [3.63, 3.8) is 0 Å². The first-order valence-electron chi connectivity index (χ1n) is 11.0. The van der Waals surface area contributed by atoms with E-state index in [0.29, 0.717) is 41.8 Å². The summed E-state index contributed by atoms with van der Waals surface area (Å²) in [6, 6.07) is 13.0. The normalized spacial score (nSPS) is 18.0. The Morgan fingerprint density at radius 1 is 1.15 bits per heavy atom. The number of nitro benzene ring substituents is 1. The molecule has 4 rings (SSSR count). The van der Waals surface area contributed by atoms with E-state index in [4.69, 9.17) is 15.2 Å². The van der Waals surface area contributed by atoms with Crippen molar-refractivity contribution < 1.29 is 24.0 Å². The quantitative estimate of drug-likeness (QED) is 0.388. The number of carbonyl (C=O) groups is 2. The highest BCUT2D eigenvalue weighted by Gasteiger charge is 2.43. The second-order valence-corrected chi connectivity index (χ2v) is 7.97. The van der Waals surface area contributed by atoms with Crippen molar-refractivity contribution in [1.82, 2.24) is 0 Å². The van der Waals surface area contributed by atoms with E-state index in [-0.39, 0.29) is 29.5 Å². The Morgan fingerprint density at radius 3 is 2.41 bits per heavy atom. The fourth-order valence-electron chi connectivity index (χ4n) is 4.54. The van der Waals surface area contributed by atoms with Crippen molar-refractivity contribution in [2.24, 2.45) is 5.73 Å². The van der Waals surface area contributed by atoms with Crippen LogP contribution in [-0.2, 0) is 14.3 Å². The highest BCUT2D eigenvalue weighted by Crippen LogP contribution is 2.47. The first-order chi connectivity index (χ1) is 16.4. The molecule has 9 nitrogen and oxygen atoms in total. The number of Topliss-reactive ketones (excluding diaryl/α,β-unsaturated/α-hetero) is 1. The summed E-state index contributed by atoms with van der Waals surface area (Å²) in [5.41, 5.74) is 9.12. The van der Waals surface area contributed by atoms with Gasteiger partial charge in [0.15, 0.2) is 5.78 Å². The molecule has 0 unspecified atom stereocenters. The minimum atomic E-state index is -0.780. The highest BCUT2D eigenvalue weighted by molar-refractivity contribution is 6.05. The molecule has 0 aromatic heterocycles. The predicted octanol–water partition coefficient (Wildman–Crippen LogP) is 3.95. The Morgan fingerprint density at radius 2 is 1.82 bits per heavy atom. The van der Waals surface area contributed by atoms with E-state index in [1.54, 1.807) is 43.2 Å². The molecule has 2 aromatic carbocycles. The number of benzene rings is 2. The predicted molar refractivity (Wildman–Crippen MR) is 125 cm³/mol. The summed E-state index contributed by atoms with van der Waals surface area (Å²) >= 11 is 0. The molecule has 0 saturated heterocycles. The van der Waals surface area contributed by atoms with Gasteiger partial charge in [-0.1, -0.05) is 12.1 Å². The van der Waals surface area contributed by atoms with E-state index in [2.05, 4.69) is 0 Å². The van der Waals surface area contributed by atoms with Crippen molar-refractivity contribution in [3.8, 4) is 5.75 Å². The molecule has 1 atom stereocenters. The SMILES string of the molecule is CCOC(=O)C1=C(N)N(c2ccc(OC)cc2)C2=C(C(=O)CCC2)[C@H]1c1ccc([N+](=O)[O-])cc1. The molecule has 9 heteroatoms. The van der Waals surface area contributed by atoms with Gasteiger partial charge in [-0.15, -0.1) is 0 Å². The third-order valence-electron chi connectivity index (χ3n) is 6.06. The molecule has 2 N–H and O–H groups in total. The van der Waals surface area contributed by atoms with Gasteiger partial charge in [0.05, 0.1) is 30.1 Å². The van der Waals surface area contributed by atoms with Crippen LogP contribution < -0.4 is 15.4 Å². The molecular weight excluding hydrogens is 438 g/mol. The molecule has 1 heterocycles. The number of hydrogen-bond acceptors (Lipinski definition) is 8. The number of carbonyl (C=O) groups excluding carboxylic acids is 2. The van der Waals surface area contributed by atoms with Crippen molar-refractivity contribution >= 4 is 23.1 Å². The summed E-state index contributed by atoms with van der Waals surface area (Å²) in [6.45, 7) is 1.82. The zero-order valence-electron chi connectivity index (χ0n) is 18.9. The number of ether oxygens (including phenoxy) is 2. The maximum absolute atomic E-state index is 13.3. The Balaban J connectivity index is 1.94. The minimum absolute atomic E-state index is 0.0850. The molecule has 0 radical (unpaired) electrons. The van der Waals surface area contributed by atoms with Gasteiger partial charge in [0.1, 0.15) is 11.6 Å². The van der Waals surface area contributed by atoms with Crippen molar-refractivity contribution in [2.45, 2.75) is 32.1 Å². The zero-order valence-corrected chi connectivity index (χ0v) is 18.9. The van der Waals surface area contributed by atoms with E-state index < -0.39 is 16.8 Å². The number of esters is 1. The summed E-state index contributed by atoms with van der Waals surface area (Å²) in [5.74, 6) is -0.673. The maximum atomic E-state index is 13.3. The number of nitro groups is 1. The number of rotatable bonds is 6. The van der Waals surface area contributed by atoms with E-state index in [1.165, 1.54) is 12.1 Å². The number of methoxy groups -OCH3 is 1. The van der Waals surface area contributed by atoms with Crippen LogP contribution in [0.25, 0.3) is 0 Å². The van der Waals surface area contributed by atoms with Gasteiger partial charge in [0.25, 0.3) is 5.69 Å². The van der Waals surface area contributed by atoms with Crippen LogP contribution in [-0.4, -0.2) is 30.4 Å². The van der Waals surface area contributed by atoms with Crippen LogP contribution in [0, 0.1) is 10.1 Å². The lowest BCUT2D eigenvalue weighted by Gasteiger charge is -2.40. The van der Waals surface area contributed by atoms with E-state index in [1.807, 2.05) is 12.1 Å².